The summed E-state index contributed by atoms with van der Waals surface area (Å²) in [5, 5.41) is 8.46. The second kappa shape index (κ2) is 13.2. The first-order valence-electron chi connectivity index (χ1n) is 16.0. The Kier molecular flexibility index (Phi) is 9.19. The van der Waals surface area contributed by atoms with Gasteiger partial charge in [0.1, 0.15) is 11.9 Å². The molecule has 0 aliphatic heterocycles. The predicted octanol–water partition coefficient (Wildman–Crippen LogP) is 10.5. The van der Waals surface area contributed by atoms with E-state index in [-0.39, 0.29) is 25.5 Å². The van der Waals surface area contributed by atoms with Crippen LogP contribution in [0, 0.1) is 12.1 Å². The molecule has 0 bridgehead atoms. The number of furan rings is 1. The minimum atomic E-state index is -1.23. The van der Waals surface area contributed by atoms with Crippen molar-refractivity contribution >= 4 is 56.7 Å². The first kappa shape index (κ1) is 33.4. The molecule has 0 saturated heterocycles. The summed E-state index contributed by atoms with van der Waals surface area (Å²) in [6, 6.07) is 42.1. The molecule has 0 aliphatic rings. The maximum atomic E-state index is 6.43. The third-order valence-electron chi connectivity index (χ3n) is 8.60. The standard InChI is InChI=1S/C28H21N2O.C14H16NSi.Ir/c1-28(2,3)26-15-24(29-16-30-26)21-10-6-9-20-23-13-18-12-11-17-7-4-5-8-19(17)22(18)14-25(23)31-27(20)21;1-16(2,3)13-9-10-14(15-11-13)12-7-5-4-6-8-12;/h4-9,11-16H,1-3H3;4-7,9-11H,1-3H3;/q2*-1;. The molecule has 8 rings (SSSR count). The van der Waals surface area contributed by atoms with E-state index in [9.17, 15) is 0 Å². The largest absolute Gasteiger partial charge is 0.501 e. The molecule has 0 aliphatic carbocycles. The Morgan fingerprint density at radius 3 is 2.17 bits per heavy atom. The fourth-order valence-electron chi connectivity index (χ4n) is 5.89. The van der Waals surface area contributed by atoms with Crippen LogP contribution >= 0.6 is 0 Å². The van der Waals surface area contributed by atoms with E-state index in [0.717, 1.165) is 50.1 Å². The monoisotopic (exact) mass is 820 g/mol. The summed E-state index contributed by atoms with van der Waals surface area (Å²) in [6.07, 6.45) is 3.65. The molecule has 3 aromatic heterocycles. The second-order valence-electron chi connectivity index (χ2n) is 14.1. The van der Waals surface area contributed by atoms with E-state index in [1.807, 2.05) is 42.6 Å². The van der Waals surface area contributed by atoms with Crippen molar-refractivity contribution in [3.05, 3.63) is 133 Å². The zero-order valence-electron chi connectivity index (χ0n) is 28.1. The maximum Gasteiger partial charge on any atom is 0.121 e. The number of hydrogen-bond acceptors (Lipinski definition) is 4. The van der Waals surface area contributed by atoms with Gasteiger partial charge in [-0.15, -0.1) is 54.1 Å². The molecule has 0 unspecified atom stereocenters. The Morgan fingerprint density at radius 1 is 0.646 bits per heavy atom. The van der Waals surface area contributed by atoms with Crippen molar-refractivity contribution in [2.24, 2.45) is 0 Å². The van der Waals surface area contributed by atoms with Gasteiger partial charge in [0.2, 0.25) is 0 Å². The van der Waals surface area contributed by atoms with Crippen LogP contribution in [-0.4, -0.2) is 23.0 Å². The average molecular weight is 820 g/mol. The van der Waals surface area contributed by atoms with Gasteiger partial charge in [0, 0.05) is 42.8 Å². The van der Waals surface area contributed by atoms with Crippen LogP contribution in [0.4, 0.5) is 0 Å². The molecule has 0 spiro atoms. The summed E-state index contributed by atoms with van der Waals surface area (Å²) in [7, 11) is -1.23. The third kappa shape index (κ3) is 6.61. The summed E-state index contributed by atoms with van der Waals surface area (Å²) in [5.74, 6) is 0. The maximum absolute atomic E-state index is 6.43. The Labute approximate surface area is 296 Å². The number of hydrogen-bond donors (Lipinski definition) is 0. The molecule has 1 radical (unpaired) electrons. The SMILES string of the molecule is CC(C)(C)c1cc(-c2[c-]ccc3c2oc2cc4c(ccc5ccccc54)cc23)ncn1.C[Si](C)(C)c1ccc(-c2[c-]cccc2)nc1.[Ir]. The van der Waals surface area contributed by atoms with Crippen LogP contribution in [0.25, 0.3) is 66.0 Å². The van der Waals surface area contributed by atoms with E-state index < -0.39 is 8.07 Å². The smallest absolute Gasteiger partial charge is 0.121 e. The van der Waals surface area contributed by atoms with Gasteiger partial charge >= 0.3 is 0 Å². The predicted molar refractivity (Wildman–Crippen MR) is 199 cm³/mol. The molecular weight excluding hydrogens is 783 g/mol. The van der Waals surface area contributed by atoms with Crippen molar-refractivity contribution in [1.29, 1.82) is 0 Å². The Balaban J connectivity index is 0.000000201. The number of fused-ring (bicyclic) bond motifs is 6. The van der Waals surface area contributed by atoms with Crippen molar-refractivity contribution in [2.45, 2.75) is 45.8 Å². The number of benzene rings is 5. The summed E-state index contributed by atoms with van der Waals surface area (Å²) < 4.78 is 6.43. The molecule has 4 nitrogen and oxygen atoms in total. The average Bonchev–Trinajstić information content (AvgIpc) is 3.45. The van der Waals surface area contributed by atoms with Gasteiger partial charge in [-0.3, -0.25) is 4.98 Å². The van der Waals surface area contributed by atoms with Crippen molar-refractivity contribution in [3.8, 4) is 22.5 Å². The number of pyridine rings is 1. The van der Waals surface area contributed by atoms with Crippen LogP contribution in [-0.2, 0) is 25.5 Å². The van der Waals surface area contributed by atoms with E-state index >= 15 is 0 Å². The fraction of sp³-hybridized carbons (Fsp3) is 0.167. The van der Waals surface area contributed by atoms with Crippen LogP contribution < -0.4 is 5.19 Å². The summed E-state index contributed by atoms with van der Waals surface area (Å²) in [5.41, 5.74) is 6.40. The molecule has 6 heteroatoms. The van der Waals surface area contributed by atoms with E-state index in [0.29, 0.717) is 0 Å². The minimum absolute atomic E-state index is 0. The van der Waals surface area contributed by atoms with E-state index in [2.05, 4.69) is 134 Å². The fourth-order valence-corrected chi connectivity index (χ4v) is 6.92. The Hall–Kier alpha value is -4.48. The van der Waals surface area contributed by atoms with Gasteiger partial charge < -0.3 is 9.40 Å². The van der Waals surface area contributed by atoms with Gasteiger partial charge in [0.05, 0.1) is 13.7 Å². The van der Waals surface area contributed by atoms with Gasteiger partial charge in [-0.1, -0.05) is 106 Å². The van der Waals surface area contributed by atoms with Gasteiger partial charge in [0.25, 0.3) is 0 Å². The summed E-state index contributed by atoms with van der Waals surface area (Å²) in [4.78, 5) is 13.5. The molecule has 5 aromatic carbocycles. The molecule has 0 atom stereocenters. The van der Waals surface area contributed by atoms with Gasteiger partial charge in [-0.25, -0.2) is 4.98 Å². The van der Waals surface area contributed by atoms with Crippen LogP contribution in [0.15, 0.2) is 120 Å². The van der Waals surface area contributed by atoms with Crippen molar-refractivity contribution in [1.82, 2.24) is 15.0 Å². The van der Waals surface area contributed by atoms with Crippen LogP contribution in [0.1, 0.15) is 26.5 Å². The molecule has 3 heterocycles. The zero-order valence-corrected chi connectivity index (χ0v) is 31.4. The number of rotatable bonds is 3. The molecule has 0 N–H and O–H groups in total. The second-order valence-corrected chi connectivity index (χ2v) is 19.1. The number of nitrogens with zero attached hydrogens (tertiary/aromatic N) is 3. The third-order valence-corrected chi connectivity index (χ3v) is 10.6. The Bertz CT molecular complexity index is 2370. The van der Waals surface area contributed by atoms with Crippen molar-refractivity contribution < 1.29 is 24.5 Å². The van der Waals surface area contributed by atoms with Gasteiger partial charge in [-0.2, -0.15) is 0 Å². The van der Waals surface area contributed by atoms with E-state index in [1.54, 1.807) is 6.33 Å². The van der Waals surface area contributed by atoms with Crippen LogP contribution in [0.5, 0.6) is 0 Å². The molecule has 8 aromatic rings. The molecule has 241 valence electrons. The molecule has 48 heavy (non-hydrogen) atoms. The van der Waals surface area contributed by atoms with Gasteiger partial charge in [-0.05, 0) is 50.3 Å². The molecular formula is C42H37IrN3OSi-2. The van der Waals surface area contributed by atoms with Gasteiger partial charge in [0.15, 0.2) is 0 Å². The summed E-state index contributed by atoms with van der Waals surface area (Å²) >= 11 is 0. The summed E-state index contributed by atoms with van der Waals surface area (Å²) in [6.45, 7) is 13.5. The van der Waals surface area contributed by atoms with Crippen LogP contribution in [0.3, 0.4) is 0 Å². The molecule has 0 amide bonds. The quantitative estimate of drug-likeness (QED) is 0.101. The minimum Gasteiger partial charge on any atom is -0.501 e. The van der Waals surface area contributed by atoms with E-state index in [4.69, 9.17) is 4.42 Å². The molecule has 0 saturated carbocycles. The van der Waals surface area contributed by atoms with Crippen LogP contribution in [0.2, 0.25) is 19.6 Å². The first-order chi connectivity index (χ1) is 22.6. The topological polar surface area (TPSA) is 51.8 Å². The van der Waals surface area contributed by atoms with E-state index in [1.165, 1.54) is 26.7 Å². The number of aromatic nitrogens is 3. The Morgan fingerprint density at radius 2 is 1.44 bits per heavy atom. The molecule has 0 fully saturated rings. The zero-order chi connectivity index (χ0) is 32.8. The normalized spacial score (nSPS) is 11.8. The first-order valence-corrected chi connectivity index (χ1v) is 19.5. The van der Waals surface area contributed by atoms with Crippen molar-refractivity contribution in [2.75, 3.05) is 0 Å². The van der Waals surface area contributed by atoms with Crippen molar-refractivity contribution in [3.63, 3.8) is 0 Å².